The van der Waals surface area contributed by atoms with Gasteiger partial charge in [-0.25, -0.2) is 9.78 Å². The number of aromatic nitrogens is 2. The van der Waals surface area contributed by atoms with E-state index in [-0.39, 0.29) is 11.9 Å². The largest absolute Gasteiger partial charge is 0.465 e. The molecule has 1 fully saturated rings. The summed E-state index contributed by atoms with van der Waals surface area (Å²) in [7, 11) is 1.39. The lowest BCUT2D eigenvalue weighted by Gasteiger charge is -2.32. The number of ether oxygens (including phenoxy) is 1. The average molecular weight is 482 g/mol. The number of likely N-dealkylation sites (tertiary alicyclic amines) is 1. The Labute approximate surface area is 211 Å². The molecular formula is C30H31N3O3. The molecule has 0 radical (unpaired) electrons. The summed E-state index contributed by atoms with van der Waals surface area (Å²) in [5.74, 6) is 0.359. The van der Waals surface area contributed by atoms with Crippen molar-refractivity contribution >= 4 is 17.5 Å². The van der Waals surface area contributed by atoms with Crippen LogP contribution in [-0.4, -0.2) is 46.4 Å². The number of carbonyl (C=O) groups excluding carboxylic acids is 2. The van der Waals surface area contributed by atoms with Gasteiger partial charge in [-0.05, 0) is 61.4 Å². The highest BCUT2D eigenvalue weighted by Gasteiger charge is 2.25. The van der Waals surface area contributed by atoms with Crippen molar-refractivity contribution in [2.24, 2.45) is 5.92 Å². The molecule has 1 aliphatic rings. The van der Waals surface area contributed by atoms with Crippen LogP contribution in [0.1, 0.15) is 40.0 Å². The number of esters is 1. The van der Waals surface area contributed by atoms with Gasteiger partial charge < -0.3 is 14.0 Å². The van der Waals surface area contributed by atoms with Crippen LogP contribution in [0.4, 0.5) is 0 Å². The number of imidazole rings is 1. The molecule has 0 bridgehead atoms. The van der Waals surface area contributed by atoms with E-state index in [1.54, 1.807) is 0 Å². The lowest BCUT2D eigenvalue weighted by molar-refractivity contribution is -0.131. The first-order valence-corrected chi connectivity index (χ1v) is 12.5. The third-order valence-corrected chi connectivity index (χ3v) is 7.10. The van der Waals surface area contributed by atoms with Gasteiger partial charge >= 0.3 is 5.97 Å². The number of carbonyl (C=O) groups is 2. The zero-order chi connectivity index (χ0) is 25.1. The molecule has 5 rings (SSSR count). The minimum atomic E-state index is -0.315. The van der Waals surface area contributed by atoms with E-state index in [1.165, 1.54) is 12.7 Å². The molecule has 0 N–H and O–H groups in total. The summed E-state index contributed by atoms with van der Waals surface area (Å²) < 4.78 is 6.85. The van der Waals surface area contributed by atoms with Gasteiger partial charge in [-0.15, -0.1) is 0 Å². The van der Waals surface area contributed by atoms with Gasteiger partial charge in [0.2, 0.25) is 5.91 Å². The molecule has 2 aromatic carbocycles. The Balaban J connectivity index is 1.26. The van der Waals surface area contributed by atoms with Crippen LogP contribution in [0.2, 0.25) is 0 Å². The number of hydrogen-bond acceptors (Lipinski definition) is 4. The smallest absolute Gasteiger partial charge is 0.337 e. The molecule has 6 heteroatoms. The molecule has 0 atom stereocenters. The highest BCUT2D eigenvalue weighted by atomic mass is 16.5. The van der Waals surface area contributed by atoms with E-state index < -0.39 is 0 Å². The van der Waals surface area contributed by atoms with E-state index in [0.29, 0.717) is 17.9 Å². The standard InChI is InChI=1S/C30H31N3O3/c1-21-8-13-27-31-29(24-6-4-3-5-7-24)26(33(27)20-21)19-28(34)32-16-14-23(15-17-32)18-22-9-11-25(12-10-22)30(35)36-2/h3-13,20,23H,14-19H2,1-2H3. The van der Waals surface area contributed by atoms with Crippen LogP contribution >= 0.6 is 0 Å². The van der Waals surface area contributed by atoms with E-state index >= 15 is 0 Å². The summed E-state index contributed by atoms with van der Waals surface area (Å²) in [6, 6.07) is 21.8. The lowest BCUT2D eigenvalue weighted by atomic mass is 9.89. The van der Waals surface area contributed by atoms with Crippen molar-refractivity contribution in [3.05, 3.63) is 95.3 Å². The van der Waals surface area contributed by atoms with Crippen LogP contribution in [0, 0.1) is 12.8 Å². The molecule has 36 heavy (non-hydrogen) atoms. The molecule has 6 nitrogen and oxygen atoms in total. The quantitative estimate of drug-likeness (QED) is 0.359. The van der Waals surface area contributed by atoms with Crippen molar-refractivity contribution in [1.29, 1.82) is 0 Å². The van der Waals surface area contributed by atoms with E-state index in [4.69, 9.17) is 9.72 Å². The predicted molar refractivity (Wildman–Crippen MR) is 140 cm³/mol. The number of aryl methyl sites for hydroxylation is 1. The van der Waals surface area contributed by atoms with Crippen molar-refractivity contribution < 1.29 is 14.3 Å². The molecule has 1 saturated heterocycles. The second-order valence-corrected chi connectivity index (χ2v) is 9.60. The monoisotopic (exact) mass is 481 g/mol. The molecular weight excluding hydrogens is 450 g/mol. The predicted octanol–water partition coefficient (Wildman–Crippen LogP) is 5.12. The SMILES string of the molecule is COC(=O)c1ccc(CC2CCN(C(=O)Cc3c(-c4ccccc4)nc4ccc(C)cn34)CC2)cc1. The molecule has 2 aromatic heterocycles. The number of nitrogens with zero attached hydrogens (tertiary/aromatic N) is 3. The van der Waals surface area contributed by atoms with Crippen LogP contribution in [0.3, 0.4) is 0 Å². The minimum absolute atomic E-state index is 0.149. The van der Waals surface area contributed by atoms with Crippen molar-refractivity contribution in [3.8, 4) is 11.3 Å². The summed E-state index contributed by atoms with van der Waals surface area (Å²) in [6.45, 7) is 3.58. The van der Waals surface area contributed by atoms with Gasteiger partial charge in [-0.3, -0.25) is 4.79 Å². The Morgan fingerprint density at radius 1 is 0.972 bits per heavy atom. The van der Waals surface area contributed by atoms with Gasteiger partial charge in [-0.2, -0.15) is 0 Å². The number of piperidine rings is 1. The maximum absolute atomic E-state index is 13.4. The fourth-order valence-electron chi connectivity index (χ4n) is 5.07. The van der Waals surface area contributed by atoms with Crippen molar-refractivity contribution in [2.75, 3.05) is 20.2 Å². The summed E-state index contributed by atoms with van der Waals surface area (Å²) >= 11 is 0. The molecule has 0 saturated carbocycles. The molecule has 0 spiro atoms. The van der Waals surface area contributed by atoms with Crippen molar-refractivity contribution in [3.63, 3.8) is 0 Å². The molecule has 0 aliphatic carbocycles. The van der Waals surface area contributed by atoms with Gasteiger partial charge in [0.25, 0.3) is 0 Å². The Bertz CT molecular complexity index is 1370. The first-order valence-electron chi connectivity index (χ1n) is 12.5. The Kier molecular flexibility index (Phi) is 6.85. The summed E-state index contributed by atoms with van der Waals surface area (Å²) in [4.78, 5) is 31.9. The third kappa shape index (κ3) is 5.03. The Morgan fingerprint density at radius 3 is 2.39 bits per heavy atom. The first-order chi connectivity index (χ1) is 17.5. The number of rotatable bonds is 6. The topological polar surface area (TPSA) is 63.9 Å². The lowest BCUT2D eigenvalue weighted by Crippen LogP contribution is -2.40. The second-order valence-electron chi connectivity index (χ2n) is 9.60. The van der Waals surface area contributed by atoms with Crippen molar-refractivity contribution in [1.82, 2.24) is 14.3 Å². The number of benzene rings is 2. The molecule has 184 valence electrons. The van der Waals surface area contributed by atoms with Crippen LogP contribution in [0.25, 0.3) is 16.9 Å². The normalized spacial score (nSPS) is 14.2. The average Bonchev–Trinajstić information content (AvgIpc) is 3.26. The Hall–Kier alpha value is -3.93. The highest BCUT2D eigenvalue weighted by Crippen LogP contribution is 2.27. The van der Waals surface area contributed by atoms with Crippen molar-refractivity contribution in [2.45, 2.75) is 32.6 Å². The number of methoxy groups -OCH3 is 1. The van der Waals surface area contributed by atoms with E-state index in [9.17, 15) is 9.59 Å². The fourth-order valence-corrected chi connectivity index (χ4v) is 5.07. The summed E-state index contributed by atoms with van der Waals surface area (Å²) in [5.41, 5.74) is 6.61. The first kappa shape index (κ1) is 23.8. The molecule has 3 heterocycles. The number of amides is 1. The summed E-state index contributed by atoms with van der Waals surface area (Å²) in [6.07, 6.45) is 5.29. The van der Waals surface area contributed by atoms with Gasteiger partial charge in [0.05, 0.1) is 30.5 Å². The minimum Gasteiger partial charge on any atom is -0.465 e. The number of fused-ring (bicyclic) bond motifs is 1. The molecule has 0 unspecified atom stereocenters. The van der Waals surface area contributed by atoms with Gasteiger partial charge in [0.1, 0.15) is 5.65 Å². The van der Waals surface area contributed by atoms with Crippen LogP contribution in [0.15, 0.2) is 72.9 Å². The molecule has 1 aliphatic heterocycles. The maximum Gasteiger partial charge on any atom is 0.337 e. The van der Waals surface area contributed by atoms with Gasteiger partial charge in [0, 0.05) is 24.8 Å². The zero-order valence-corrected chi connectivity index (χ0v) is 20.8. The van der Waals surface area contributed by atoms with Gasteiger partial charge in [-0.1, -0.05) is 48.5 Å². The highest BCUT2D eigenvalue weighted by molar-refractivity contribution is 5.89. The van der Waals surface area contributed by atoms with Crippen LogP contribution < -0.4 is 0 Å². The summed E-state index contributed by atoms with van der Waals surface area (Å²) in [5, 5.41) is 0. The fraction of sp³-hybridized carbons (Fsp3) is 0.300. The van der Waals surface area contributed by atoms with E-state index in [1.807, 2.05) is 65.6 Å². The Morgan fingerprint density at radius 2 is 1.69 bits per heavy atom. The van der Waals surface area contributed by atoms with Crippen LogP contribution in [0.5, 0.6) is 0 Å². The molecule has 1 amide bonds. The molecule has 4 aromatic rings. The second kappa shape index (κ2) is 10.4. The number of hydrogen-bond donors (Lipinski definition) is 0. The maximum atomic E-state index is 13.4. The van der Waals surface area contributed by atoms with E-state index in [2.05, 4.69) is 23.6 Å². The number of pyridine rings is 1. The third-order valence-electron chi connectivity index (χ3n) is 7.10. The zero-order valence-electron chi connectivity index (χ0n) is 20.8. The van der Waals surface area contributed by atoms with E-state index in [0.717, 1.165) is 60.5 Å². The van der Waals surface area contributed by atoms with Gasteiger partial charge in [0.15, 0.2) is 0 Å². The van der Waals surface area contributed by atoms with Crippen LogP contribution in [-0.2, 0) is 22.4 Å².